The fourth-order valence-electron chi connectivity index (χ4n) is 1.90. The predicted molar refractivity (Wildman–Crippen MR) is 89.0 cm³/mol. The molecule has 1 aromatic heterocycles. The Bertz CT molecular complexity index is 572. The van der Waals surface area contributed by atoms with Crippen molar-refractivity contribution in [2.75, 3.05) is 33.4 Å². The smallest absolute Gasteiger partial charge is 0.233 e. The number of carbonyl (C=O) groups excluding carboxylic acids is 1. The Morgan fingerprint density at radius 3 is 2.86 bits per heavy atom. The fourth-order valence-corrected chi connectivity index (χ4v) is 2.76. The highest BCUT2D eigenvalue weighted by molar-refractivity contribution is 7.13. The number of amides is 1. The number of thiazole rings is 1. The molecule has 0 aliphatic carbocycles. The first-order chi connectivity index (χ1) is 10.8. The Balaban J connectivity index is 1.69. The molecule has 118 valence electrons. The average molecular weight is 319 g/mol. The number of carbonyl (C=O) groups is 1. The minimum atomic E-state index is -0.00499. The van der Waals surface area contributed by atoms with Gasteiger partial charge in [-0.15, -0.1) is 11.3 Å². The van der Waals surface area contributed by atoms with Gasteiger partial charge in [-0.25, -0.2) is 4.98 Å². The second-order valence-corrected chi connectivity index (χ2v) is 5.64. The van der Waals surface area contributed by atoms with Gasteiger partial charge in [-0.1, -0.05) is 30.3 Å². The van der Waals surface area contributed by atoms with Crippen LogP contribution in [0.25, 0.3) is 10.6 Å². The topological polar surface area (TPSA) is 63.2 Å². The molecule has 0 unspecified atom stereocenters. The summed E-state index contributed by atoms with van der Waals surface area (Å²) < 4.78 is 4.90. The summed E-state index contributed by atoms with van der Waals surface area (Å²) in [6.07, 6.45) is 0.743. The van der Waals surface area contributed by atoms with Gasteiger partial charge in [0.25, 0.3) is 0 Å². The van der Waals surface area contributed by atoms with Crippen molar-refractivity contribution >= 4 is 17.2 Å². The largest absolute Gasteiger partial charge is 0.383 e. The van der Waals surface area contributed by atoms with Crippen LogP contribution in [-0.4, -0.2) is 44.2 Å². The second kappa shape index (κ2) is 9.30. The van der Waals surface area contributed by atoms with Crippen molar-refractivity contribution in [1.82, 2.24) is 15.6 Å². The Labute approximate surface area is 134 Å². The summed E-state index contributed by atoms with van der Waals surface area (Å²) in [4.78, 5) is 16.2. The molecule has 0 aliphatic rings. The fraction of sp³-hybridized carbons (Fsp3) is 0.375. The molecule has 0 spiro atoms. The third-order valence-corrected chi connectivity index (χ3v) is 3.98. The molecule has 0 radical (unpaired) electrons. The lowest BCUT2D eigenvalue weighted by Gasteiger charge is -2.05. The SMILES string of the molecule is COCCNCC(=O)NCCc1csc(-c2ccccc2)n1. The summed E-state index contributed by atoms with van der Waals surface area (Å²) in [6, 6.07) is 10.1. The highest BCUT2D eigenvalue weighted by Crippen LogP contribution is 2.23. The zero-order valence-electron chi connectivity index (χ0n) is 12.7. The maximum Gasteiger partial charge on any atom is 0.233 e. The number of rotatable bonds is 9. The van der Waals surface area contributed by atoms with Gasteiger partial charge in [0.1, 0.15) is 5.01 Å². The standard InChI is InChI=1S/C16H21N3O2S/c1-21-10-9-17-11-15(20)18-8-7-14-12-22-16(19-14)13-5-3-2-4-6-13/h2-6,12,17H,7-11H2,1H3,(H,18,20). The third-order valence-electron chi connectivity index (χ3n) is 3.04. The van der Waals surface area contributed by atoms with Gasteiger partial charge in [-0.3, -0.25) is 4.79 Å². The van der Waals surface area contributed by atoms with E-state index in [-0.39, 0.29) is 5.91 Å². The van der Waals surface area contributed by atoms with E-state index in [1.165, 1.54) is 0 Å². The molecule has 2 rings (SSSR count). The first kappa shape index (κ1) is 16.6. The van der Waals surface area contributed by atoms with Gasteiger partial charge >= 0.3 is 0 Å². The van der Waals surface area contributed by atoms with Crippen LogP contribution in [0, 0.1) is 0 Å². The molecule has 0 aliphatic heterocycles. The van der Waals surface area contributed by atoms with Crippen LogP contribution in [0.4, 0.5) is 0 Å². The van der Waals surface area contributed by atoms with Crippen molar-refractivity contribution in [2.45, 2.75) is 6.42 Å². The van der Waals surface area contributed by atoms with E-state index in [9.17, 15) is 4.79 Å². The molecular formula is C16H21N3O2S. The van der Waals surface area contributed by atoms with E-state index in [1.54, 1.807) is 18.4 Å². The van der Waals surface area contributed by atoms with E-state index in [2.05, 4.69) is 27.8 Å². The minimum absolute atomic E-state index is 0.00499. The third kappa shape index (κ3) is 5.55. The molecule has 0 atom stereocenters. The average Bonchev–Trinajstić information content (AvgIpc) is 3.01. The molecular weight excluding hydrogens is 298 g/mol. The van der Waals surface area contributed by atoms with Crippen LogP contribution in [0.5, 0.6) is 0 Å². The van der Waals surface area contributed by atoms with Gasteiger partial charge in [0.15, 0.2) is 0 Å². The number of aromatic nitrogens is 1. The molecule has 5 nitrogen and oxygen atoms in total. The number of nitrogens with zero attached hydrogens (tertiary/aromatic N) is 1. The number of hydrogen-bond acceptors (Lipinski definition) is 5. The van der Waals surface area contributed by atoms with Crippen molar-refractivity contribution in [3.05, 3.63) is 41.4 Å². The van der Waals surface area contributed by atoms with Crippen molar-refractivity contribution in [1.29, 1.82) is 0 Å². The summed E-state index contributed by atoms with van der Waals surface area (Å²) in [5.41, 5.74) is 2.14. The van der Waals surface area contributed by atoms with Crippen LogP contribution >= 0.6 is 11.3 Å². The number of ether oxygens (including phenoxy) is 1. The summed E-state index contributed by atoms with van der Waals surface area (Å²) in [7, 11) is 1.64. The summed E-state index contributed by atoms with van der Waals surface area (Å²) in [5.74, 6) is -0.00499. The first-order valence-corrected chi connectivity index (χ1v) is 8.13. The zero-order chi connectivity index (χ0) is 15.6. The predicted octanol–water partition coefficient (Wildman–Crippen LogP) is 1.70. The van der Waals surface area contributed by atoms with Crippen LogP contribution in [0.3, 0.4) is 0 Å². The molecule has 0 saturated heterocycles. The first-order valence-electron chi connectivity index (χ1n) is 7.26. The van der Waals surface area contributed by atoms with Gasteiger partial charge in [0.05, 0.1) is 18.8 Å². The van der Waals surface area contributed by atoms with Crippen molar-refractivity contribution in [3.8, 4) is 10.6 Å². The molecule has 6 heteroatoms. The Kier molecular flexibility index (Phi) is 7.02. The maximum absolute atomic E-state index is 11.6. The van der Waals surface area contributed by atoms with Gasteiger partial charge in [0.2, 0.25) is 5.91 Å². The molecule has 2 N–H and O–H groups in total. The lowest BCUT2D eigenvalue weighted by molar-refractivity contribution is -0.120. The summed E-state index contributed by atoms with van der Waals surface area (Å²) >= 11 is 1.63. The molecule has 1 amide bonds. The highest BCUT2D eigenvalue weighted by atomic mass is 32.1. The Morgan fingerprint density at radius 1 is 1.27 bits per heavy atom. The van der Waals surface area contributed by atoms with Gasteiger partial charge in [-0.2, -0.15) is 0 Å². The molecule has 1 aromatic carbocycles. The normalized spacial score (nSPS) is 10.6. The van der Waals surface area contributed by atoms with Gasteiger partial charge in [0, 0.05) is 37.6 Å². The van der Waals surface area contributed by atoms with Crippen LogP contribution < -0.4 is 10.6 Å². The number of hydrogen-bond donors (Lipinski definition) is 2. The van der Waals surface area contributed by atoms with Crippen molar-refractivity contribution in [2.24, 2.45) is 0 Å². The zero-order valence-corrected chi connectivity index (χ0v) is 13.5. The summed E-state index contributed by atoms with van der Waals surface area (Å²) in [5, 5.41) is 8.95. The van der Waals surface area contributed by atoms with Crippen LogP contribution in [0.1, 0.15) is 5.69 Å². The quantitative estimate of drug-likeness (QED) is 0.691. The van der Waals surface area contributed by atoms with Crippen LogP contribution in [0.15, 0.2) is 35.7 Å². The van der Waals surface area contributed by atoms with E-state index in [0.717, 1.165) is 22.7 Å². The Hall–Kier alpha value is -1.76. The molecule has 0 bridgehead atoms. The molecule has 0 saturated carbocycles. The maximum atomic E-state index is 11.6. The molecule has 22 heavy (non-hydrogen) atoms. The van der Waals surface area contributed by atoms with E-state index in [1.807, 2.05) is 23.6 Å². The van der Waals surface area contributed by atoms with E-state index < -0.39 is 0 Å². The number of benzene rings is 1. The minimum Gasteiger partial charge on any atom is -0.383 e. The van der Waals surface area contributed by atoms with Crippen molar-refractivity contribution < 1.29 is 9.53 Å². The highest BCUT2D eigenvalue weighted by Gasteiger charge is 2.05. The monoisotopic (exact) mass is 319 g/mol. The summed E-state index contributed by atoms with van der Waals surface area (Å²) in [6.45, 7) is 2.20. The lowest BCUT2D eigenvalue weighted by atomic mass is 10.2. The van der Waals surface area contributed by atoms with Gasteiger partial charge in [-0.05, 0) is 0 Å². The number of methoxy groups -OCH3 is 1. The molecule has 1 heterocycles. The van der Waals surface area contributed by atoms with Crippen molar-refractivity contribution in [3.63, 3.8) is 0 Å². The second-order valence-electron chi connectivity index (χ2n) is 4.78. The van der Waals surface area contributed by atoms with Crippen LogP contribution in [-0.2, 0) is 16.0 Å². The number of nitrogens with one attached hydrogen (secondary N) is 2. The lowest BCUT2D eigenvalue weighted by Crippen LogP contribution is -2.36. The van der Waals surface area contributed by atoms with E-state index in [4.69, 9.17) is 4.74 Å². The van der Waals surface area contributed by atoms with E-state index in [0.29, 0.717) is 26.2 Å². The van der Waals surface area contributed by atoms with E-state index >= 15 is 0 Å². The molecule has 0 fully saturated rings. The van der Waals surface area contributed by atoms with Gasteiger partial charge < -0.3 is 15.4 Å². The Morgan fingerprint density at radius 2 is 2.09 bits per heavy atom. The van der Waals surface area contributed by atoms with Crippen LogP contribution in [0.2, 0.25) is 0 Å². The molecule has 2 aromatic rings.